The molecule has 1 fully saturated rings. The number of morpholine rings is 1. The average Bonchev–Trinajstić information content (AvgIpc) is 2.70. The molecule has 2 aromatic rings. The first kappa shape index (κ1) is 17.2. The second kappa shape index (κ2) is 7.98. The van der Waals surface area contributed by atoms with Gasteiger partial charge in [0.05, 0.1) is 32.2 Å². The number of methoxy groups -OCH3 is 1. The lowest BCUT2D eigenvalue weighted by Crippen LogP contribution is -2.36. The Kier molecular flexibility index (Phi) is 5.50. The minimum absolute atomic E-state index is 0.0389. The van der Waals surface area contributed by atoms with Crippen LogP contribution in [0.3, 0.4) is 0 Å². The van der Waals surface area contributed by atoms with Crippen LogP contribution in [0.2, 0.25) is 0 Å². The zero-order chi connectivity index (χ0) is 17.6. The highest BCUT2D eigenvalue weighted by Gasteiger charge is 2.17. The maximum atomic E-state index is 12.9. The summed E-state index contributed by atoms with van der Waals surface area (Å²) in [6.07, 6.45) is 1.66. The Balaban J connectivity index is 1.75. The van der Waals surface area contributed by atoms with E-state index in [2.05, 4.69) is 9.88 Å². The third kappa shape index (κ3) is 3.91. The standard InChI is InChI=1S/C19H23N3O3/c1-3-22(17-8-9-18(24-2)20-14-17)19(23)15-4-6-16(7-5-15)21-10-12-25-13-11-21/h4-9,14H,3,10-13H2,1-2H3. The van der Waals surface area contributed by atoms with Crippen LogP contribution >= 0.6 is 0 Å². The van der Waals surface area contributed by atoms with E-state index in [0.717, 1.165) is 37.7 Å². The molecular weight excluding hydrogens is 318 g/mol. The molecule has 6 nitrogen and oxygen atoms in total. The highest BCUT2D eigenvalue weighted by atomic mass is 16.5. The third-order valence-electron chi connectivity index (χ3n) is 4.29. The number of amides is 1. The number of anilines is 2. The van der Waals surface area contributed by atoms with Crippen molar-refractivity contribution in [2.45, 2.75) is 6.92 Å². The zero-order valence-corrected chi connectivity index (χ0v) is 14.6. The molecule has 0 bridgehead atoms. The summed E-state index contributed by atoms with van der Waals surface area (Å²) >= 11 is 0. The quantitative estimate of drug-likeness (QED) is 0.837. The molecule has 0 saturated carbocycles. The smallest absolute Gasteiger partial charge is 0.258 e. The predicted octanol–water partition coefficient (Wildman–Crippen LogP) is 2.59. The lowest BCUT2D eigenvalue weighted by molar-refractivity contribution is 0.0988. The van der Waals surface area contributed by atoms with Gasteiger partial charge in [0.25, 0.3) is 5.91 Å². The molecule has 0 radical (unpaired) electrons. The average molecular weight is 341 g/mol. The van der Waals surface area contributed by atoms with Gasteiger partial charge in [0.15, 0.2) is 0 Å². The summed E-state index contributed by atoms with van der Waals surface area (Å²) in [5, 5.41) is 0. The number of benzene rings is 1. The Morgan fingerprint density at radius 3 is 2.48 bits per heavy atom. The van der Waals surface area contributed by atoms with E-state index in [1.165, 1.54) is 0 Å². The van der Waals surface area contributed by atoms with Crippen molar-refractivity contribution in [2.75, 3.05) is 49.8 Å². The molecule has 1 aromatic carbocycles. The van der Waals surface area contributed by atoms with Crippen LogP contribution in [0.15, 0.2) is 42.6 Å². The van der Waals surface area contributed by atoms with Gasteiger partial charge in [0, 0.05) is 37.0 Å². The van der Waals surface area contributed by atoms with Gasteiger partial charge in [0.2, 0.25) is 5.88 Å². The van der Waals surface area contributed by atoms with E-state index in [1.807, 2.05) is 37.3 Å². The highest BCUT2D eigenvalue weighted by Crippen LogP contribution is 2.21. The number of ether oxygens (including phenoxy) is 2. The first-order valence-electron chi connectivity index (χ1n) is 8.47. The fraction of sp³-hybridized carbons (Fsp3) is 0.368. The van der Waals surface area contributed by atoms with Crippen LogP contribution in [-0.2, 0) is 4.74 Å². The summed E-state index contributed by atoms with van der Waals surface area (Å²) in [7, 11) is 1.57. The minimum Gasteiger partial charge on any atom is -0.481 e. The van der Waals surface area contributed by atoms with Crippen LogP contribution in [0.4, 0.5) is 11.4 Å². The minimum atomic E-state index is -0.0389. The number of pyridine rings is 1. The number of rotatable bonds is 5. The van der Waals surface area contributed by atoms with Crippen molar-refractivity contribution >= 4 is 17.3 Å². The van der Waals surface area contributed by atoms with Crippen molar-refractivity contribution in [3.8, 4) is 5.88 Å². The molecule has 1 aliphatic heterocycles. The Hall–Kier alpha value is -2.60. The topological polar surface area (TPSA) is 54.9 Å². The number of carbonyl (C=O) groups excluding carboxylic acids is 1. The Morgan fingerprint density at radius 2 is 1.92 bits per heavy atom. The number of hydrogen-bond donors (Lipinski definition) is 0. The van der Waals surface area contributed by atoms with Gasteiger partial charge in [-0.05, 0) is 37.3 Å². The molecule has 0 aliphatic carbocycles. The largest absolute Gasteiger partial charge is 0.481 e. The zero-order valence-electron chi connectivity index (χ0n) is 14.6. The van der Waals surface area contributed by atoms with Gasteiger partial charge in [-0.2, -0.15) is 0 Å². The Morgan fingerprint density at radius 1 is 1.20 bits per heavy atom. The second-order valence-corrected chi connectivity index (χ2v) is 5.75. The van der Waals surface area contributed by atoms with Gasteiger partial charge in [-0.15, -0.1) is 0 Å². The van der Waals surface area contributed by atoms with Crippen molar-refractivity contribution in [2.24, 2.45) is 0 Å². The summed E-state index contributed by atoms with van der Waals surface area (Å²) < 4.78 is 10.4. The second-order valence-electron chi connectivity index (χ2n) is 5.75. The third-order valence-corrected chi connectivity index (χ3v) is 4.29. The predicted molar refractivity (Wildman–Crippen MR) is 97.6 cm³/mol. The van der Waals surface area contributed by atoms with E-state index in [9.17, 15) is 4.79 Å². The molecular formula is C19H23N3O3. The first-order valence-corrected chi connectivity index (χ1v) is 8.47. The van der Waals surface area contributed by atoms with Crippen molar-refractivity contribution in [3.05, 3.63) is 48.2 Å². The molecule has 0 spiro atoms. The van der Waals surface area contributed by atoms with Gasteiger partial charge in [-0.1, -0.05) is 0 Å². The maximum absolute atomic E-state index is 12.9. The van der Waals surface area contributed by atoms with E-state index in [4.69, 9.17) is 9.47 Å². The monoisotopic (exact) mass is 341 g/mol. The van der Waals surface area contributed by atoms with Gasteiger partial charge in [-0.3, -0.25) is 4.79 Å². The molecule has 6 heteroatoms. The fourth-order valence-corrected chi connectivity index (χ4v) is 2.89. The van der Waals surface area contributed by atoms with Gasteiger partial charge >= 0.3 is 0 Å². The van der Waals surface area contributed by atoms with E-state index >= 15 is 0 Å². The summed E-state index contributed by atoms with van der Waals surface area (Å²) in [4.78, 5) is 21.0. The SMILES string of the molecule is CCN(C(=O)c1ccc(N2CCOCC2)cc1)c1ccc(OC)nc1. The molecule has 25 heavy (non-hydrogen) atoms. The van der Waals surface area contributed by atoms with Crippen molar-refractivity contribution in [3.63, 3.8) is 0 Å². The summed E-state index contributed by atoms with van der Waals surface area (Å²) in [5.41, 5.74) is 2.54. The van der Waals surface area contributed by atoms with Crippen LogP contribution < -0.4 is 14.5 Å². The molecule has 0 N–H and O–H groups in total. The molecule has 0 unspecified atom stereocenters. The van der Waals surface area contributed by atoms with Gasteiger partial charge < -0.3 is 19.3 Å². The van der Waals surface area contributed by atoms with Gasteiger partial charge in [-0.25, -0.2) is 4.98 Å². The van der Waals surface area contributed by atoms with E-state index in [1.54, 1.807) is 24.3 Å². The number of hydrogen-bond acceptors (Lipinski definition) is 5. The highest BCUT2D eigenvalue weighted by molar-refractivity contribution is 6.06. The van der Waals surface area contributed by atoms with E-state index in [-0.39, 0.29) is 5.91 Å². The number of carbonyl (C=O) groups is 1. The lowest BCUT2D eigenvalue weighted by atomic mass is 10.1. The molecule has 0 atom stereocenters. The molecule has 1 amide bonds. The van der Waals surface area contributed by atoms with Crippen molar-refractivity contribution < 1.29 is 14.3 Å². The van der Waals surface area contributed by atoms with Crippen LogP contribution in [-0.4, -0.2) is 50.8 Å². The number of nitrogens with zero attached hydrogens (tertiary/aromatic N) is 3. The maximum Gasteiger partial charge on any atom is 0.258 e. The Labute approximate surface area is 148 Å². The first-order chi connectivity index (χ1) is 12.2. The fourth-order valence-electron chi connectivity index (χ4n) is 2.89. The number of aromatic nitrogens is 1. The Bertz CT molecular complexity index is 695. The van der Waals surface area contributed by atoms with Gasteiger partial charge in [0.1, 0.15) is 0 Å². The van der Waals surface area contributed by atoms with Crippen LogP contribution in [0.1, 0.15) is 17.3 Å². The summed E-state index contributed by atoms with van der Waals surface area (Å²) in [6, 6.07) is 11.4. The van der Waals surface area contributed by atoms with Crippen molar-refractivity contribution in [1.82, 2.24) is 4.98 Å². The van der Waals surface area contributed by atoms with Crippen LogP contribution in [0.5, 0.6) is 5.88 Å². The molecule has 1 saturated heterocycles. The molecule has 1 aliphatic rings. The van der Waals surface area contributed by atoms with E-state index < -0.39 is 0 Å². The summed E-state index contributed by atoms with van der Waals surface area (Å²) in [5.74, 6) is 0.491. The molecule has 1 aromatic heterocycles. The van der Waals surface area contributed by atoms with E-state index in [0.29, 0.717) is 18.0 Å². The van der Waals surface area contributed by atoms with Crippen molar-refractivity contribution in [1.29, 1.82) is 0 Å². The molecule has 2 heterocycles. The van der Waals surface area contributed by atoms with Crippen LogP contribution in [0, 0.1) is 0 Å². The normalized spacial score (nSPS) is 14.2. The molecule has 132 valence electrons. The summed E-state index contributed by atoms with van der Waals surface area (Å²) in [6.45, 7) is 5.77. The van der Waals surface area contributed by atoms with Crippen LogP contribution in [0.25, 0.3) is 0 Å². The molecule has 3 rings (SSSR count). The lowest BCUT2D eigenvalue weighted by Gasteiger charge is -2.29.